The standard InChI is InChI=1S/C9H15N3O2S/c1-4-15(13,14)11-8-6-5-7-10-9(8)12(2)3/h5-7,11H,4H2,1-3H3. The molecule has 0 atom stereocenters. The van der Waals surface area contributed by atoms with Crippen LogP contribution in [0.3, 0.4) is 0 Å². The van der Waals surface area contributed by atoms with Crippen molar-refractivity contribution in [1.29, 1.82) is 0 Å². The molecule has 0 aromatic carbocycles. The topological polar surface area (TPSA) is 62.3 Å². The van der Waals surface area contributed by atoms with Crippen LogP contribution in [-0.2, 0) is 10.0 Å². The Balaban J connectivity index is 3.05. The number of nitrogens with one attached hydrogen (secondary N) is 1. The van der Waals surface area contributed by atoms with Gasteiger partial charge in [0.2, 0.25) is 10.0 Å². The molecule has 0 fully saturated rings. The average Bonchev–Trinajstić information content (AvgIpc) is 2.18. The Kier molecular flexibility index (Phi) is 3.52. The Morgan fingerprint density at radius 3 is 2.67 bits per heavy atom. The second-order valence-electron chi connectivity index (χ2n) is 3.27. The van der Waals surface area contributed by atoms with Gasteiger partial charge in [0.15, 0.2) is 5.82 Å². The number of aromatic nitrogens is 1. The summed E-state index contributed by atoms with van der Waals surface area (Å²) < 4.78 is 25.3. The molecule has 1 aromatic rings. The molecule has 0 amide bonds. The van der Waals surface area contributed by atoms with Crippen molar-refractivity contribution in [2.24, 2.45) is 0 Å². The molecular formula is C9H15N3O2S. The van der Waals surface area contributed by atoms with Crippen molar-refractivity contribution in [3.05, 3.63) is 18.3 Å². The fraction of sp³-hybridized carbons (Fsp3) is 0.444. The van der Waals surface area contributed by atoms with Crippen molar-refractivity contribution in [1.82, 2.24) is 4.98 Å². The van der Waals surface area contributed by atoms with Crippen molar-refractivity contribution in [2.45, 2.75) is 6.92 Å². The SMILES string of the molecule is CCS(=O)(=O)Nc1cccnc1N(C)C. The normalized spacial score (nSPS) is 11.1. The lowest BCUT2D eigenvalue weighted by Gasteiger charge is -2.16. The van der Waals surface area contributed by atoms with Crippen molar-refractivity contribution < 1.29 is 8.42 Å². The van der Waals surface area contributed by atoms with Gasteiger partial charge in [-0.2, -0.15) is 0 Å². The van der Waals surface area contributed by atoms with Gasteiger partial charge in [-0.15, -0.1) is 0 Å². The number of hydrogen-bond acceptors (Lipinski definition) is 4. The predicted octanol–water partition coefficient (Wildman–Crippen LogP) is 0.909. The third-order valence-corrected chi connectivity index (χ3v) is 3.15. The fourth-order valence-electron chi connectivity index (χ4n) is 1.07. The van der Waals surface area contributed by atoms with E-state index in [4.69, 9.17) is 0 Å². The Bertz CT molecular complexity index is 429. The average molecular weight is 229 g/mol. The molecule has 0 saturated heterocycles. The Morgan fingerprint density at radius 2 is 2.13 bits per heavy atom. The van der Waals surface area contributed by atoms with Crippen LogP contribution >= 0.6 is 0 Å². The summed E-state index contributed by atoms with van der Waals surface area (Å²) in [5.41, 5.74) is 0.504. The molecule has 0 aliphatic rings. The summed E-state index contributed by atoms with van der Waals surface area (Å²) in [5.74, 6) is 0.656. The van der Waals surface area contributed by atoms with E-state index in [-0.39, 0.29) is 5.75 Å². The fourth-order valence-corrected chi connectivity index (χ4v) is 1.71. The van der Waals surface area contributed by atoms with E-state index in [1.165, 1.54) is 0 Å². The monoisotopic (exact) mass is 229 g/mol. The third kappa shape index (κ3) is 3.09. The van der Waals surface area contributed by atoms with Crippen LogP contribution in [0, 0.1) is 0 Å². The molecule has 0 unspecified atom stereocenters. The highest BCUT2D eigenvalue weighted by molar-refractivity contribution is 7.92. The van der Waals surface area contributed by atoms with E-state index in [1.807, 2.05) is 14.1 Å². The predicted molar refractivity (Wildman–Crippen MR) is 61.6 cm³/mol. The van der Waals surface area contributed by atoms with Gasteiger partial charge in [-0.3, -0.25) is 4.72 Å². The number of pyridine rings is 1. The highest BCUT2D eigenvalue weighted by atomic mass is 32.2. The third-order valence-electron chi connectivity index (χ3n) is 1.86. The van der Waals surface area contributed by atoms with E-state index in [1.54, 1.807) is 30.2 Å². The first kappa shape index (κ1) is 11.8. The van der Waals surface area contributed by atoms with E-state index in [0.29, 0.717) is 11.5 Å². The summed E-state index contributed by atoms with van der Waals surface area (Å²) in [7, 11) is 0.378. The minimum absolute atomic E-state index is 0.0504. The maximum absolute atomic E-state index is 11.4. The highest BCUT2D eigenvalue weighted by Gasteiger charge is 2.11. The molecule has 1 aromatic heterocycles. The molecule has 84 valence electrons. The molecule has 0 radical (unpaired) electrons. The van der Waals surface area contributed by atoms with Crippen LogP contribution in [0.15, 0.2) is 18.3 Å². The summed E-state index contributed by atoms with van der Waals surface area (Å²) in [4.78, 5) is 5.85. The molecule has 0 saturated carbocycles. The minimum Gasteiger partial charge on any atom is -0.361 e. The first-order valence-corrected chi connectivity index (χ1v) is 6.24. The summed E-state index contributed by atoms with van der Waals surface area (Å²) in [5, 5.41) is 0. The van der Waals surface area contributed by atoms with Crippen LogP contribution in [0.1, 0.15) is 6.92 Å². The lowest BCUT2D eigenvalue weighted by Crippen LogP contribution is -2.19. The molecular weight excluding hydrogens is 214 g/mol. The quantitative estimate of drug-likeness (QED) is 0.833. The van der Waals surface area contributed by atoms with Gasteiger partial charge in [-0.05, 0) is 19.1 Å². The smallest absolute Gasteiger partial charge is 0.232 e. The molecule has 1 N–H and O–H groups in total. The highest BCUT2D eigenvalue weighted by Crippen LogP contribution is 2.21. The van der Waals surface area contributed by atoms with E-state index < -0.39 is 10.0 Å². The van der Waals surface area contributed by atoms with Crippen LogP contribution in [0.4, 0.5) is 11.5 Å². The molecule has 0 aliphatic heterocycles. The summed E-state index contributed by atoms with van der Waals surface area (Å²) in [6.45, 7) is 1.59. The van der Waals surface area contributed by atoms with Gasteiger partial charge < -0.3 is 4.90 Å². The Labute approximate surface area is 90.2 Å². The van der Waals surface area contributed by atoms with Crippen LogP contribution in [0.25, 0.3) is 0 Å². The van der Waals surface area contributed by atoms with Crippen LogP contribution < -0.4 is 9.62 Å². The maximum Gasteiger partial charge on any atom is 0.232 e. The number of sulfonamides is 1. The Hall–Kier alpha value is -1.30. The van der Waals surface area contributed by atoms with E-state index in [9.17, 15) is 8.42 Å². The molecule has 0 aliphatic carbocycles. The molecule has 5 nitrogen and oxygen atoms in total. The zero-order chi connectivity index (χ0) is 11.5. The van der Waals surface area contributed by atoms with E-state index in [2.05, 4.69) is 9.71 Å². The van der Waals surface area contributed by atoms with Crippen LogP contribution in [-0.4, -0.2) is 33.2 Å². The summed E-state index contributed by atoms with van der Waals surface area (Å²) in [6, 6.07) is 3.38. The zero-order valence-corrected chi connectivity index (χ0v) is 9.87. The van der Waals surface area contributed by atoms with Gasteiger partial charge in [0.05, 0.1) is 11.4 Å². The summed E-state index contributed by atoms with van der Waals surface area (Å²) in [6.07, 6.45) is 1.62. The first-order chi connectivity index (χ1) is 6.96. The summed E-state index contributed by atoms with van der Waals surface area (Å²) >= 11 is 0. The Morgan fingerprint density at radius 1 is 1.47 bits per heavy atom. The first-order valence-electron chi connectivity index (χ1n) is 4.59. The van der Waals surface area contributed by atoms with Crippen molar-refractivity contribution in [2.75, 3.05) is 29.5 Å². The minimum atomic E-state index is -3.25. The second kappa shape index (κ2) is 4.48. The van der Waals surface area contributed by atoms with Gasteiger partial charge in [-0.25, -0.2) is 13.4 Å². The zero-order valence-electron chi connectivity index (χ0n) is 9.06. The molecule has 1 heterocycles. The molecule has 6 heteroatoms. The second-order valence-corrected chi connectivity index (χ2v) is 5.29. The molecule has 0 bridgehead atoms. The van der Waals surface area contributed by atoms with Crippen molar-refractivity contribution >= 4 is 21.5 Å². The van der Waals surface area contributed by atoms with E-state index in [0.717, 1.165) is 0 Å². The molecule has 15 heavy (non-hydrogen) atoms. The van der Waals surface area contributed by atoms with Gasteiger partial charge in [0.1, 0.15) is 0 Å². The van der Waals surface area contributed by atoms with Gasteiger partial charge in [-0.1, -0.05) is 0 Å². The number of hydrogen-bond donors (Lipinski definition) is 1. The van der Waals surface area contributed by atoms with Gasteiger partial charge in [0.25, 0.3) is 0 Å². The van der Waals surface area contributed by atoms with Gasteiger partial charge in [0, 0.05) is 20.3 Å². The van der Waals surface area contributed by atoms with E-state index >= 15 is 0 Å². The largest absolute Gasteiger partial charge is 0.361 e. The number of anilines is 2. The van der Waals surface area contributed by atoms with Gasteiger partial charge >= 0.3 is 0 Å². The molecule has 0 spiro atoms. The lowest BCUT2D eigenvalue weighted by molar-refractivity contribution is 0.602. The van der Waals surface area contributed by atoms with Crippen molar-refractivity contribution in [3.8, 4) is 0 Å². The maximum atomic E-state index is 11.4. The van der Waals surface area contributed by atoms with Crippen LogP contribution in [0.2, 0.25) is 0 Å². The molecule has 1 rings (SSSR count). The van der Waals surface area contributed by atoms with Crippen LogP contribution in [0.5, 0.6) is 0 Å². The number of rotatable bonds is 4. The number of nitrogens with zero attached hydrogens (tertiary/aromatic N) is 2. The lowest BCUT2D eigenvalue weighted by atomic mass is 10.4. The van der Waals surface area contributed by atoms with Crippen molar-refractivity contribution in [3.63, 3.8) is 0 Å².